The molecule has 0 saturated carbocycles. The summed E-state index contributed by atoms with van der Waals surface area (Å²) in [6.07, 6.45) is 1.80. The lowest BCUT2D eigenvalue weighted by molar-refractivity contribution is -0.118. The van der Waals surface area contributed by atoms with Crippen LogP contribution in [0.25, 0.3) is 5.69 Å². The maximum atomic E-state index is 12.1. The quantitative estimate of drug-likeness (QED) is 0.751. The lowest BCUT2D eigenvalue weighted by Gasteiger charge is -2.19. The summed E-state index contributed by atoms with van der Waals surface area (Å²) in [5.41, 5.74) is 2.13. The molecule has 26 heavy (non-hydrogen) atoms. The van der Waals surface area contributed by atoms with Gasteiger partial charge in [0.25, 0.3) is 5.91 Å². The molecule has 3 rings (SSSR count). The van der Waals surface area contributed by atoms with Crippen molar-refractivity contribution in [2.75, 3.05) is 11.9 Å². The molecule has 134 valence electrons. The molecule has 0 saturated heterocycles. The van der Waals surface area contributed by atoms with E-state index in [4.69, 9.17) is 4.74 Å². The van der Waals surface area contributed by atoms with E-state index in [1.165, 1.54) is 0 Å². The number of nitrogens with one attached hydrogen (secondary N) is 1. The molecule has 0 aliphatic carbocycles. The van der Waals surface area contributed by atoms with E-state index in [0.717, 1.165) is 11.3 Å². The molecule has 2 aromatic carbocycles. The Labute approximate surface area is 153 Å². The molecule has 3 aromatic rings. The van der Waals surface area contributed by atoms with Crippen LogP contribution in [0.2, 0.25) is 0 Å². The number of para-hydroxylation sites is 1. The summed E-state index contributed by atoms with van der Waals surface area (Å²) in [6.45, 7) is 6.36. The summed E-state index contributed by atoms with van der Waals surface area (Å²) in [5, 5.41) is 7.10. The van der Waals surface area contributed by atoms with Gasteiger partial charge in [0.15, 0.2) is 12.4 Å². The molecule has 0 aliphatic heterocycles. The van der Waals surface area contributed by atoms with Crippen LogP contribution in [0.3, 0.4) is 0 Å². The number of hydrogen-bond donors (Lipinski definition) is 1. The first kappa shape index (κ1) is 17.7. The van der Waals surface area contributed by atoms with Crippen molar-refractivity contribution >= 4 is 11.7 Å². The third-order valence-electron chi connectivity index (χ3n) is 3.95. The van der Waals surface area contributed by atoms with Crippen LogP contribution in [0.5, 0.6) is 5.75 Å². The lowest BCUT2D eigenvalue weighted by Crippen LogP contribution is -2.20. The molecule has 5 nitrogen and oxygen atoms in total. The first-order valence-corrected chi connectivity index (χ1v) is 8.56. The highest BCUT2D eigenvalue weighted by molar-refractivity contribution is 5.90. The minimum absolute atomic E-state index is 0.0336. The van der Waals surface area contributed by atoms with Crippen LogP contribution in [0, 0.1) is 0 Å². The van der Waals surface area contributed by atoms with Crippen molar-refractivity contribution in [3.05, 3.63) is 72.4 Å². The van der Waals surface area contributed by atoms with Gasteiger partial charge >= 0.3 is 0 Å². The number of benzene rings is 2. The monoisotopic (exact) mass is 349 g/mol. The number of carbonyl (C=O) groups excluding carboxylic acids is 1. The van der Waals surface area contributed by atoms with E-state index < -0.39 is 0 Å². The second-order valence-corrected chi connectivity index (χ2v) is 7.10. The van der Waals surface area contributed by atoms with Gasteiger partial charge < -0.3 is 10.1 Å². The zero-order valence-electron chi connectivity index (χ0n) is 15.3. The third-order valence-corrected chi connectivity index (χ3v) is 3.95. The van der Waals surface area contributed by atoms with E-state index >= 15 is 0 Å². The van der Waals surface area contributed by atoms with Crippen molar-refractivity contribution in [1.29, 1.82) is 0 Å². The Morgan fingerprint density at radius 3 is 2.58 bits per heavy atom. The van der Waals surface area contributed by atoms with Crippen LogP contribution in [0.4, 0.5) is 5.82 Å². The first-order valence-electron chi connectivity index (χ1n) is 8.56. The van der Waals surface area contributed by atoms with Crippen molar-refractivity contribution in [1.82, 2.24) is 9.78 Å². The van der Waals surface area contributed by atoms with Gasteiger partial charge in [-0.15, -0.1) is 0 Å². The lowest BCUT2D eigenvalue weighted by atomic mass is 9.87. The highest BCUT2D eigenvalue weighted by atomic mass is 16.5. The average molecular weight is 349 g/mol. The van der Waals surface area contributed by atoms with E-state index in [1.54, 1.807) is 16.9 Å². The predicted octanol–water partition coefficient (Wildman–Crippen LogP) is 4.19. The predicted molar refractivity (Wildman–Crippen MR) is 103 cm³/mol. The van der Waals surface area contributed by atoms with E-state index in [9.17, 15) is 4.79 Å². The maximum Gasteiger partial charge on any atom is 0.263 e. The Kier molecular flexibility index (Phi) is 5.07. The van der Waals surface area contributed by atoms with Crippen molar-refractivity contribution in [2.24, 2.45) is 0 Å². The maximum absolute atomic E-state index is 12.1. The number of carbonyl (C=O) groups is 1. The fraction of sp³-hybridized carbons (Fsp3) is 0.238. The van der Waals surface area contributed by atoms with Gasteiger partial charge in [0.1, 0.15) is 5.75 Å². The molecule has 0 spiro atoms. The summed E-state index contributed by atoms with van der Waals surface area (Å²) in [6, 6.07) is 19.3. The van der Waals surface area contributed by atoms with Crippen molar-refractivity contribution < 1.29 is 9.53 Å². The minimum Gasteiger partial charge on any atom is -0.484 e. The Morgan fingerprint density at radius 1 is 1.08 bits per heavy atom. The van der Waals surface area contributed by atoms with Gasteiger partial charge in [-0.1, -0.05) is 51.1 Å². The standard InChI is InChI=1S/C21H23N3O2/c1-21(2,3)16-8-7-11-18(14-16)26-15-20(25)22-19-12-13-24(23-19)17-9-5-4-6-10-17/h4-14H,15H2,1-3H3,(H,22,23,25). The molecule has 0 unspecified atom stereocenters. The van der Waals surface area contributed by atoms with E-state index in [-0.39, 0.29) is 17.9 Å². The summed E-state index contributed by atoms with van der Waals surface area (Å²) < 4.78 is 7.33. The highest BCUT2D eigenvalue weighted by Crippen LogP contribution is 2.25. The molecule has 1 heterocycles. The summed E-state index contributed by atoms with van der Waals surface area (Å²) in [5.74, 6) is 0.928. The molecule has 0 bridgehead atoms. The summed E-state index contributed by atoms with van der Waals surface area (Å²) in [7, 11) is 0. The normalized spacial score (nSPS) is 11.2. The molecule has 0 aliphatic rings. The topological polar surface area (TPSA) is 56.1 Å². The summed E-state index contributed by atoms with van der Waals surface area (Å²) >= 11 is 0. The largest absolute Gasteiger partial charge is 0.484 e. The zero-order valence-corrected chi connectivity index (χ0v) is 15.3. The fourth-order valence-corrected chi connectivity index (χ4v) is 2.50. The molecular formula is C21H23N3O2. The van der Waals surface area contributed by atoms with Crippen molar-refractivity contribution in [2.45, 2.75) is 26.2 Å². The van der Waals surface area contributed by atoms with Crippen LogP contribution in [-0.2, 0) is 10.2 Å². The number of rotatable bonds is 5. The van der Waals surface area contributed by atoms with Crippen LogP contribution in [0.1, 0.15) is 26.3 Å². The molecule has 0 atom stereocenters. The number of nitrogens with zero attached hydrogens (tertiary/aromatic N) is 2. The number of hydrogen-bond acceptors (Lipinski definition) is 3. The highest BCUT2D eigenvalue weighted by Gasteiger charge is 2.14. The second kappa shape index (κ2) is 7.44. The van der Waals surface area contributed by atoms with Gasteiger partial charge in [-0.3, -0.25) is 4.79 Å². The first-order chi connectivity index (χ1) is 12.4. The van der Waals surface area contributed by atoms with Crippen LogP contribution in [-0.4, -0.2) is 22.3 Å². The zero-order chi connectivity index (χ0) is 18.6. The number of ether oxygens (including phenoxy) is 1. The van der Waals surface area contributed by atoms with E-state index in [0.29, 0.717) is 11.6 Å². The van der Waals surface area contributed by atoms with Gasteiger partial charge in [-0.05, 0) is 35.2 Å². The Morgan fingerprint density at radius 2 is 1.85 bits per heavy atom. The van der Waals surface area contributed by atoms with Crippen LogP contribution < -0.4 is 10.1 Å². The summed E-state index contributed by atoms with van der Waals surface area (Å²) in [4.78, 5) is 12.1. The van der Waals surface area contributed by atoms with Crippen molar-refractivity contribution in [3.8, 4) is 11.4 Å². The minimum atomic E-state index is -0.246. The van der Waals surface area contributed by atoms with Gasteiger partial charge in [0, 0.05) is 12.3 Å². The van der Waals surface area contributed by atoms with Gasteiger partial charge in [-0.2, -0.15) is 5.10 Å². The van der Waals surface area contributed by atoms with Gasteiger partial charge in [0.2, 0.25) is 0 Å². The Balaban J connectivity index is 1.58. The molecule has 0 fully saturated rings. The van der Waals surface area contributed by atoms with Crippen molar-refractivity contribution in [3.63, 3.8) is 0 Å². The molecular weight excluding hydrogens is 326 g/mol. The van der Waals surface area contributed by atoms with Crippen LogP contribution >= 0.6 is 0 Å². The van der Waals surface area contributed by atoms with E-state index in [2.05, 4.69) is 37.3 Å². The molecule has 1 amide bonds. The Hall–Kier alpha value is -3.08. The number of anilines is 1. The number of amides is 1. The molecule has 1 aromatic heterocycles. The molecule has 5 heteroatoms. The smallest absolute Gasteiger partial charge is 0.263 e. The molecule has 0 radical (unpaired) electrons. The van der Waals surface area contributed by atoms with Gasteiger partial charge in [0.05, 0.1) is 5.69 Å². The second-order valence-electron chi connectivity index (χ2n) is 7.10. The molecule has 1 N–H and O–H groups in total. The SMILES string of the molecule is CC(C)(C)c1cccc(OCC(=O)Nc2ccn(-c3ccccc3)n2)c1. The van der Waals surface area contributed by atoms with E-state index in [1.807, 2.05) is 48.5 Å². The third kappa shape index (κ3) is 4.51. The fourth-order valence-electron chi connectivity index (χ4n) is 2.50. The average Bonchev–Trinajstić information content (AvgIpc) is 3.09. The Bertz CT molecular complexity index is 880. The van der Waals surface area contributed by atoms with Gasteiger partial charge in [-0.25, -0.2) is 4.68 Å². The van der Waals surface area contributed by atoms with Crippen LogP contribution in [0.15, 0.2) is 66.9 Å². The number of aromatic nitrogens is 2.